The van der Waals surface area contributed by atoms with Gasteiger partial charge in [-0.25, -0.2) is 15.0 Å². The van der Waals surface area contributed by atoms with E-state index in [4.69, 9.17) is 10.00 Å². The van der Waals surface area contributed by atoms with Crippen LogP contribution >= 0.6 is 0 Å². The standard InChI is InChI=1S/C25H25N5O2/c1-3-22-19(14-27-17(2)29-22)15-32-16-25(20-7-5-4-6-8-20)11-21(25)24(31)30-23-10-9-18(12-26)13-28-23/h4-10,13-14,21H,3,11,15-16H2,1-2H3,(H,28,30,31)/t21-,25+/m0/s1. The van der Waals surface area contributed by atoms with Crippen molar-refractivity contribution in [1.29, 1.82) is 5.26 Å². The van der Waals surface area contributed by atoms with Crippen molar-refractivity contribution in [3.05, 3.63) is 83.1 Å². The zero-order valence-corrected chi connectivity index (χ0v) is 18.2. The molecule has 1 N–H and O–H groups in total. The molecule has 2 atom stereocenters. The number of hydrogen-bond acceptors (Lipinski definition) is 6. The second-order valence-corrected chi connectivity index (χ2v) is 8.05. The third kappa shape index (κ3) is 4.51. The van der Waals surface area contributed by atoms with Crippen molar-refractivity contribution in [2.75, 3.05) is 11.9 Å². The van der Waals surface area contributed by atoms with E-state index in [9.17, 15) is 4.79 Å². The van der Waals surface area contributed by atoms with E-state index >= 15 is 0 Å². The first-order valence-electron chi connectivity index (χ1n) is 10.7. The maximum absolute atomic E-state index is 13.0. The highest BCUT2D eigenvalue weighted by Crippen LogP contribution is 2.55. The lowest BCUT2D eigenvalue weighted by Gasteiger charge is -2.19. The average Bonchev–Trinajstić information content (AvgIpc) is 3.57. The normalized spacial score (nSPS) is 19.2. The summed E-state index contributed by atoms with van der Waals surface area (Å²) >= 11 is 0. The Balaban J connectivity index is 1.47. The molecule has 162 valence electrons. The molecule has 0 radical (unpaired) electrons. The van der Waals surface area contributed by atoms with Gasteiger partial charge in [-0.15, -0.1) is 0 Å². The number of rotatable bonds is 8. The molecule has 7 heteroatoms. The van der Waals surface area contributed by atoms with E-state index in [0.717, 1.165) is 29.1 Å². The average molecular weight is 428 g/mol. The Hall–Kier alpha value is -3.63. The van der Waals surface area contributed by atoms with Crippen LogP contribution in [0.3, 0.4) is 0 Å². The minimum Gasteiger partial charge on any atom is -0.376 e. The number of carbonyl (C=O) groups is 1. The number of nitriles is 1. The number of amides is 1. The molecule has 2 aromatic heterocycles. The Morgan fingerprint density at radius 1 is 1.22 bits per heavy atom. The molecule has 4 rings (SSSR count). The summed E-state index contributed by atoms with van der Waals surface area (Å²) in [5.74, 6) is 0.875. The zero-order chi connectivity index (χ0) is 22.6. The molecule has 1 fully saturated rings. The third-order valence-corrected chi connectivity index (χ3v) is 5.91. The van der Waals surface area contributed by atoms with E-state index in [1.807, 2.05) is 49.5 Å². The first-order valence-corrected chi connectivity index (χ1v) is 10.7. The number of ether oxygens (including phenoxy) is 1. The number of benzene rings is 1. The van der Waals surface area contributed by atoms with Crippen molar-refractivity contribution < 1.29 is 9.53 Å². The van der Waals surface area contributed by atoms with Crippen molar-refractivity contribution in [3.63, 3.8) is 0 Å². The predicted octanol–water partition coefficient (Wildman–Crippen LogP) is 3.73. The summed E-state index contributed by atoms with van der Waals surface area (Å²) in [5, 5.41) is 11.8. The molecule has 2 heterocycles. The Kier molecular flexibility index (Phi) is 6.24. The van der Waals surface area contributed by atoms with Gasteiger partial charge in [-0.3, -0.25) is 4.79 Å². The minimum atomic E-state index is -0.379. The highest BCUT2D eigenvalue weighted by atomic mass is 16.5. The Morgan fingerprint density at radius 3 is 2.72 bits per heavy atom. The molecule has 0 saturated heterocycles. The minimum absolute atomic E-state index is 0.0948. The van der Waals surface area contributed by atoms with Crippen molar-refractivity contribution >= 4 is 11.7 Å². The first-order chi connectivity index (χ1) is 15.6. The van der Waals surface area contributed by atoms with Crippen LogP contribution in [0.2, 0.25) is 0 Å². The number of pyridine rings is 1. The van der Waals surface area contributed by atoms with Crippen molar-refractivity contribution in [2.45, 2.75) is 38.7 Å². The highest BCUT2D eigenvalue weighted by molar-refractivity contribution is 5.95. The summed E-state index contributed by atoms with van der Waals surface area (Å²) in [6.07, 6.45) is 4.79. The number of hydrogen-bond donors (Lipinski definition) is 1. The van der Waals surface area contributed by atoms with Crippen molar-refractivity contribution in [3.8, 4) is 6.07 Å². The number of anilines is 1. The van der Waals surface area contributed by atoms with Gasteiger partial charge in [0.25, 0.3) is 0 Å². The van der Waals surface area contributed by atoms with Gasteiger partial charge >= 0.3 is 0 Å². The van der Waals surface area contributed by atoms with Crippen LogP contribution in [0.25, 0.3) is 0 Å². The van der Waals surface area contributed by atoms with E-state index in [-0.39, 0.29) is 17.2 Å². The van der Waals surface area contributed by atoms with Gasteiger partial charge < -0.3 is 10.1 Å². The molecule has 1 amide bonds. The fourth-order valence-electron chi connectivity index (χ4n) is 4.04. The molecule has 32 heavy (non-hydrogen) atoms. The van der Waals surface area contributed by atoms with Gasteiger partial charge in [-0.1, -0.05) is 37.3 Å². The monoisotopic (exact) mass is 427 g/mol. The molecule has 3 aromatic rings. The lowest BCUT2D eigenvalue weighted by Crippen LogP contribution is -2.25. The lowest BCUT2D eigenvalue weighted by molar-refractivity contribution is -0.118. The molecule has 1 aliphatic rings. The smallest absolute Gasteiger partial charge is 0.229 e. The number of aryl methyl sites for hydroxylation is 2. The van der Waals surface area contributed by atoms with E-state index < -0.39 is 0 Å². The molecular formula is C25H25N5O2. The lowest BCUT2D eigenvalue weighted by atomic mass is 9.93. The molecular weight excluding hydrogens is 402 g/mol. The second-order valence-electron chi connectivity index (χ2n) is 8.05. The maximum Gasteiger partial charge on any atom is 0.229 e. The van der Waals surface area contributed by atoms with Gasteiger partial charge in [-0.05, 0) is 37.5 Å². The maximum atomic E-state index is 13.0. The van der Waals surface area contributed by atoms with E-state index in [0.29, 0.717) is 31.0 Å². The van der Waals surface area contributed by atoms with E-state index in [1.165, 1.54) is 6.20 Å². The van der Waals surface area contributed by atoms with Gasteiger partial charge in [0.15, 0.2) is 0 Å². The van der Waals surface area contributed by atoms with E-state index in [1.54, 1.807) is 12.1 Å². The number of carbonyl (C=O) groups excluding carboxylic acids is 1. The highest BCUT2D eigenvalue weighted by Gasteiger charge is 2.59. The van der Waals surface area contributed by atoms with Gasteiger partial charge in [0.1, 0.15) is 17.7 Å². The molecule has 0 bridgehead atoms. The Labute approximate surface area is 187 Å². The van der Waals surface area contributed by atoms with Crippen LogP contribution in [0.1, 0.15) is 41.6 Å². The summed E-state index contributed by atoms with van der Waals surface area (Å²) in [4.78, 5) is 25.9. The fourth-order valence-corrected chi connectivity index (χ4v) is 4.04. The largest absolute Gasteiger partial charge is 0.376 e. The van der Waals surface area contributed by atoms with Crippen LogP contribution in [0, 0.1) is 24.2 Å². The third-order valence-electron chi connectivity index (χ3n) is 5.91. The van der Waals surface area contributed by atoms with E-state index in [2.05, 4.69) is 27.2 Å². The van der Waals surface area contributed by atoms with Crippen LogP contribution in [-0.2, 0) is 28.0 Å². The van der Waals surface area contributed by atoms with Crippen molar-refractivity contribution in [1.82, 2.24) is 15.0 Å². The van der Waals surface area contributed by atoms with Crippen LogP contribution in [-0.4, -0.2) is 27.5 Å². The number of nitrogens with one attached hydrogen (secondary N) is 1. The summed E-state index contributed by atoms with van der Waals surface area (Å²) in [6, 6.07) is 15.3. The molecule has 0 unspecified atom stereocenters. The summed E-state index contributed by atoms with van der Waals surface area (Å²) < 4.78 is 6.13. The van der Waals surface area contributed by atoms with Crippen LogP contribution in [0.5, 0.6) is 0 Å². The molecule has 0 aliphatic heterocycles. The van der Waals surface area contributed by atoms with Gasteiger partial charge in [0, 0.05) is 29.1 Å². The van der Waals surface area contributed by atoms with Crippen LogP contribution < -0.4 is 5.32 Å². The summed E-state index contributed by atoms with van der Waals surface area (Å²) in [7, 11) is 0. The molecule has 1 aliphatic carbocycles. The van der Waals surface area contributed by atoms with Crippen molar-refractivity contribution in [2.24, 2.45) is 5.92 Å². The predicted molar refractivity (Wildman–Crippen MR) is 120 cm³/mol. The van der Waals surface area contributed by atoms with Crippen LogP contribution in [0.4, 0.5) is 5.82 Å². The summed E-state index contributed by atoms with van der Waals surface area (Å²) in [6.45, 7) is 4.77. The first kappa shape index (κ1) is 21.6. The van der Waals surface area contributed by atoms with Gasteiger partial charge in [0.05, 0.1) is 24.7 Å². The zero-order valence-electron chi connectivity index (χ0n) is 18.2. The topological polar surface area (TPSA) is 101 Å². The SMILES string of the molecule is CCc1nc(C)ncc1COC[C@@]1(c2ccccc2)C[C@H]1C(=O)Nc1ccc(C#N)cn1. The molecule has 1 saturated carbocycles. The summed E-state index contributed by atoms with van der Waals surface area (Å²) in [5.41, 5.74) is 3.13. The van der Waals surface area contributed by atoms with Gasteiger partial charge in [-0.2, -0.15) is 5.26 Å². The molecule has 7 nitrogen and oxygen atoms in total. The fraction of sp³-hybridized carbons (Fsp3) is 0.320. The Bertz CT molecular complexity index is 1140. The second kappa shape index (κ2) is 9.25. The quantitative estimate of drug-likeness (QED) is 0.588. The Morgan fingerprint density at radius 2 is 2.03 bits per heavy atom. The number of aromatic nitrogens is 3. The number of nitrogens with zero attached hydrogens (tertiary/aromatic N) is 4. The van der Waals surface area contributed by atoms with Crippen LogP contribution in [0.15, 0.2) is 54.9 Å². The molecule has 0 spiro atoms. The molecule has 1 aromatic carbocycles. The van der Waals surface area contributed by atoms with Gasteiger partial charge in [0.2, 0.25) is 5.91 Å².